The molecule has 0 aliphatic heterocycles. The Kier molecular flexibility index (Phi) is 4.07. The predicted molar refractivity (Wildman–Crippen MR) is 141 cm³/mol. The van der Waals surface area contributed by atoms with Crippen LogP contribution in [0.5, 0.6) is 0 Å². The van der Waals surface area contributed by atoms with E-state index >= 15 is 0 Å². The van der Waals surface area contributed by atoms with E-state index in [9.17, 15) is 0 Å². The summed E-state index contributed by atoms with van der Waals surface area (Å²) in [6.07, 6.45) is 0. The number of nitrogens with zero attached hydrogens (tertiary/aromatic N) is 2. The zero-order valence-electron chi connectivity index (χ0n) is 20.2. The van der Waals surface area contributed by atoms with Crippen LogP contribution in [-0.2, 0) is 7.05 Å². The number of fused-ring (bicyclic) bond motifs is 6. The SMILES string of the molecule is Cc1cc2c(cc1-c1n(-c3c(C)cccc3C)c3ccccc3[n+]1C)oc1c3ccccc3oc21. The summed E-state index contributed by atoms with van der Waals surface area (Å²) in [6, 6.07) is 27.5. The molecule has 0 radical (unpaired) electrons. The zero-order chi connectivity index (χ0) is 23.8. The molecule has 0 fully saturated rings. The average molecular weight is 458 g/mol. The molecule has 0 saturated heterocycles. The van der Waals surface area contributed by atoms with Gasteiger partial charge in [-0.2, -0.15) is 4.57 Å². The van der Waals surface area contributed by atoms with Gasteiger partial charge in [0.25, 0.3) is 5.82 Å². The van der Waals surface area contributed by atoms with Crippen molar-refractivity contribution in [2.24, 2.45) is 7.05 Å². The molecule has 0 amide bonds. The first-order valence-electron chi connectivity index (χ1n) is 11.9. The van der Waals surface area contributed by atoms with Crippen molar-refractivity contribution in [2.75, 3.05) is 0 Å². The molecular formula is C31H25N2O2+. The van der Waals surface area contributed by atoms with Gasteiger partial charge in [0.1, 0.15) is 16.9 Å². The normalized spacial score (nSPS) is 12.0. The Labute approximate surface area is 202 Å². The molecule has 0 spiro atoms. The molecule has 35 heavy (non-hydrogen) atoms. The summed E-state index contributed by atoms with van der Waals surface area (Å²) in [5, 5.41) is 2.02. The number of hydrogen-bond donors (Lipinski definition) is 0. The number of hydrogen-bond acceptors (Lipinski definition) is 2. The summed E-state index contributed by atoms with van der Waals surface area (Å²) < 4.78 is 17.3. The Balaban J connectivity index is 1.59. The average Bonchev–Trinajstić information content (AvgIpc) is 3.48. The lowest BCUT2D eigenvalue weighted by atomic mass is 10.0. The lowest BCUT2D eigenvalue weighted by Crippen LogP contribution is -2.30. The van der Waals surface area contributed by atoms with E-state index in [1.54, 1.807) is 0 Å². The molecule has 3 aromatic heterocycles. The fraction of sp³-hybridized carbons (Fsp3) is 0.129. The maximum absolute atomic E-state index is 6.42. The van der Waals surface area contributed by atoms with Gasteiger partial charge in [0.15, 0.2) is 22.2 Å². The maximum atomic E-state index is 6.42. The number of benzene rings is 4. The molecule has 0 atom stereocenters. The zero-order valence-corrected chi connectivity index (χ0v) is 20.2. The van der Waals surface area contributed by atoms with Crippen molar-refractivity contribution < 1.29 is 13.4 Å². The van der Waals surface area contributed by atoms with E-state index in [1.165, 1.54) is 33.4 Å². The summed E-state index contributed by atoms with van der Waals surface area (Å²) in [5.74, 6) is 1.13. The third kappa shape index (κ3) is 2.71. The summed E-state index contributed by atoms with van der Waals surface area (Å²) >= 11 is 0. The van der Waals surface area contributed by atoms with Gasteiger partial charge in [-0.3, -0.25) is 0 Å². The van der Waals surface area contributed by atoms with Gasteiger partial charge in [0.05, 0.1) is 23.4 Å². The van der Waals surface area contributed by atoms with E-state index < -0.39 is 0 Å². The van der Waals surface area contributed by atoms with Gasteiger partial charge in [0, 0.05) is 0 Å². The highest BCUT2D eigenvalue weighted by Crippen LogP contribution is 2.40. The second-order valence-electron chi connectivity index (χ2n) is 9.47. The predicted octanol–water partition coefficient (Wildman–Crippen LogP) is 7.69. The van der Waals surface area contributed by atoms with Crippen molar-refractivity contribution in [1.82, 2.24) is 4.57 Å². The van der Waals surface area contributed by atoms with E-state index in [4.69, 9.17) is 8.83 Å². The topological polar surface area (TPSA) is 35.1 Å². The second kappa shape index (κ2) is 7.09. The van der Waals surface area contributed by atoms with Crippen molar-refractivity contribution in [2.45, 2.75) is 20.8 Å². The summed E-state index contributed by atoms with van der Waals surface area (Å²) in [5.41, 5.74) is 11.7. The fourth-order valence-electron chi connectivity index (χ4n) is 5.60. The van der Waals surface area contributed by atoms with Crippen molar-refractivity contribution in [3.8, 4) is 17.1 Å². The van der Waals surface area contributed by atoms with Crippen molar-refractivity contribution in [1.29, 1.82) is 0 Å². The minimum absolute atomic E-state index is 0.812. The lowest BCUT2D eigenvalue weighted by molar-refractivity contribution is -0.633. The van der Waals surface area contributed by atoms with Gasteiger partial charge in [-0.15, -0.1) is 0 Å². The van der Waals surface area contributed by atoms with E-state index in [0.717, 1.165) is 44.5 Å². The summed E-state index contributed by atoms with van der Waals surface area (Å²) in [4.78, 5) is 0. The molecule has 170 valence electrons. The van der Waals surface area contributed by atoms with Crippen molar-refractivity contribution in [3.63, 3.8) is 0 Å². The van der Waals surface area contributed by atoms with E-state index in [0.29, 0.717) is 0 Å². The van der Waals surface area contributed by atoms with Crippen LogP contribution in [0.15, 0.2) is 87.7 Å². The Morgan fingerprint density at radius 1 is 0.657 bits per heavy atom. The largest absolute Gasteiger partial charge is 0.452 e. The first kappa shape index (κ1) is 20.1. The third-order valence-electron chi connectivity index (χ3n) is 7.25. The Hall–Kier alpha value is -4.31. The minimum Gasteiger partial charge on any atom is -0.452 e. The quantitative estimate of drug-likeness (QED) is 0.249. The molecule has 0 aliphatic carbocycles. The van der Waals surface area contributed by atoms with E-state index in [1.807, 2.05) is 18.2 Å². The molecule has 3 heterocycles. The molecule has 0 aliphatic rings. The Bertz CT molecular complexity index is 1930. The van der Waals surface area contributed by atoms with E-state index in [-0.39, 0.29) is 0 Å². The highest BCUT2D eigenvalue weighted by molar-refractivity contribution is 6.13. The van der Waals surface area contributed by atoms with E-state index in [2.05, 4.69) is 97.6 Å². The highest BCUT2D eigenvalue weighted by Gasteiger charge is 2.30. The number of aryl methyl sites for hydroxylation is 4. The molecule has 4 aromatic carbocycles. The molecule has 7 rings (SSSR count). The monoisotopic (exact) mass is 457 g/mol. The molecule has 7 aromatic rings. The first-order valence-corrected chi connectivity index (χ1v) is 11.9. The molecule has 4 heteroatoms. The Morgan fingerprint density at radius 3 is 2.17 bits per heavy atom. The molecule has 4 nitrogen and oxygen atoms in total. The van der Waals surface area contributed by atoms with Crippen molar-refractivity contribution in [3.05, 3.63) is 95.6 Å². The van der Waals surface area contributed by atoms with Crippen LogP contribution in [0.25, 0.3) is 61.2 Å². The van der Waals surface area contributed by atoms with Crippen LogP contribution < -0.4 is 4.57 Å². The summed E-state index contributed by atoms with van der Waals surface area (Å²) in [7, 11) is 2.15. The lowest BCUT2D eigenvalue weighted by Gasteiger charge is -2.11. The van der Waals surface area contributed by atoms with Gasteiger partial charge < -0.3 is 8.83 Å². The molecule has 0 unspecified atom stereocenters. The molecule has 0 saturated carbocycles. The van der Waals surface area contributed by atoms with Gasteiger partial charge >= 0.3 is 0 Å². The number of aromatic nitrogens is 2. The number of imidazole rings is 1. The summed E-state index contributed by atoms with van der Waals surface area (Å²) in [6.45, 7) is 6.54. The van der Waals surface area contributed by atoms with Crippen LogP contribution in [0.2, 0.25) is 0 Å². The molecule has 0 N–H and O–H groups in total. The van der Waals surface area contributed by atoms with Gasteiger partial charge in [0.2, 0.25) is 0 Å². The number of para-hydroxylation sites is 4. The number of furan rings is 2. The van der Waals surface area contributed by atoms with Crippen LogP contribution in [0, 0.1) is 20.8 Å². The van der Waals surface area contributed by atoms with Crippen molar-refractivity contribution >= 4 is 44.1 Å². The molecular weight excluding hydrogens is 432 g/mol. The molecule has 0 bridgehead atoms. The van der Waals surface area contributed by atoms with Gasteiger partial charge in [-0.25, -0.2) is 4.57 Å². The van der Waals surface area contributed by atoms with Gasteiger partial charge in [-0.1, -0.05) is 42.5 Å². The maximum Gasteiger partial charge on any atom is 0.295 e. The van der Waals surface area contributed by atoms with Crippen LogP contribution >= 0.6 is 0 Å². The highest BCUT2D eigenvalue weighted by atomic mass is 16.4. The first-order chi connectivity index (χ1) is 17.0. The van der Waals surface area contributed by atoms with Crippen LogP contribution in [0.4, 0.5) is 0 Å². The van der Waals surface area contributed by atoms with Crippen LogP contribution in [0.3, 0.4) is 0 Å². The third-order valence-corrected chi connectivity index (χ3v) is 7.25. The Morgan fingerprint density at radius 2 is 1.34 bits per heavy atom. The second-order valence-corrected chi connectivity index (χ2v) is 9.47. The standard InChI is InChI=1S/C31H25N2O2/c1-18-10-9-11-19(2)28(18)33-25-14-7-6-13-24(25)32(4)31(33)22-17-27-23(16-20(22)3)30-29(35-27)21-12-5-8-15-26(21)34-30/h5-17H,1-4H3/q+1. The fourth-order valence-corrected chi connectivity index (χ4v) is 5.60. The minimum atomic E-state index is 0.812. The van der Waals surface area contributed by atoms with Crippen LogP contribution in [0.1, 0.15) is 16.7 Å². The number of rotatable bonds is 2. The van der Waals surface area contributed by atoms with Gasteiger partial charge in [-0.05, 0) is 73.9 Å². The smallest absolute Gasteiger partial charge is 0.295 e. The van der Waals surface area contributed by atoms with Crippen LogP contribution in [-0.4, -0.2) is 4.57 Å².